The number of carbonyl (C=O) groups is 1. The SMILES string of the molecule is CN(CCN1CCCC1)S(=O)(=O)c1ccc(C(=O)O)o1. The standard InChI is InChI=1S/C12H18N2O5S/c1-13(8-9-14-6-2-3-7-14)20(17,18)11-5-4-10(19-11)12(15)16/h4-5H,2-3,6-9H2,1H3,(H,15,16). The number of nitrogens with zero attached hydrogens (tertiary/aromatic N) is 2. The lowest BCUT2D eigenvalue weighted by molar-refractivity contribution is 0.0656. The molecule has 7 nitrogen and oxygen atoms in total. The molecule has 0 radical (unpaired) electrons. The van der Waals surface area contributed by atoms with Gasteiger partial charge in [-0.1, -0.05) is 0 Å². The molecule has 1 N–H and O–H groups in total. The Hall–Kier alpha value is -1.38. The highest BCUT2D eigenvalue weighted by molar-refractivity contribution is 7.89. The van der Waals surface area contributed by atoms with Crippen LogP contribution in [0.25, 0.3) is 0 Å². The first kappa shape index (κ1) is 15.0. The Bertz CT molecular complexity index is 574. The number of likely N-dealkylation sites (tertiary alicyclic amines) is 1. The quantitative estimate of drug-likeness (QED) is 0.831. The lowest BCUT2D eigenvalue weighted by Crippen LogP contribution is -2.35. The zero-order valence-electron chi connectivity index (χ0n) is 11.3. The molecule has 2 rings (SSSR count). The van der Waals surface area contributed by atoms with Crippen molar-refractivity contribution in [1.82, 2.24) is 9.21 Å². The van der Waals surface area contributed by atoms with Gasteiger partial charge in [-0.25, -0.2) is 13.2 Å². The smallest absolute Gasteiger partial charge is 0.371 e. The topological polar surface area (TPSA) is 91.1 Å². The second-order valence-corrected chi connectivity index (χ2v) is 6.78. The minimum Gasteiger partial charge on any atom is -0.475 e. The average Bonchev–Trinajstić information content (AvgIpc) is 3.06. The minimum absolute atomic E-state index is 0.334. The third kappa shape index (κ3) is 3.20. The molecule has 1 aliphatic rings. The maximum Gasteiger partial charge on any atom is 0.371 e. The lowest BCUT2D eigenvalue weighted by atomic mass is 10.4. The molecule has 0 bridgehead atoms. The highest BCUT2D eigenvalue weighted by Gasteiger charge is 2.26. The normalized spacial score (nSPS) is 16.9. The molecule has 0 aliphatic carbocycles. The van der Waals surface area contributed by atoms with E-state index in [-0.39, 0.29) is 10.9 Å². The van der Waals surface area contributed by atoms with Crippen molar-refractivity contribution >= 4 is 16.0 Å². The molecule has 1 aromatic heterocycles. The molecule has 0 spiro atoms. The van der Waals surface area contributed by atoms with Crippen LogP contribution in [0.2, 0.25) is 0 Å². The fraction of sp³-hybridized carbons (Fsp3) is 0.583. The Kier molecular flexibility index (Phi) is 4.46. The van der Waals surface area contributed by atoms with Gasteiger partial charge in [0.25, 0.3) is 10.0 Å². The summed E-state index contributed by atoms with van der Waals surface area (Å²) in [6.07, 6.45) is 2.30. The molecule has 20 heavy (non-hydrogen) atoms. The summed E-state index contributed by atoms with van der Waals surface area (Å²) in [7, 11) is -2.30. The molecule has 1 fully saturated rings. The fourth-order valence-corrected chi connectivity index (χ4v) is 3.20. The first-order chi connectivity index (χ1) is 9.41. The van der Waals surface area contributed by atoms with Crippen LogP contribution >= 0.6 is 0 Å². The maximum atomic E-state index is 12.2. The monoisotopic (exact) mass is 302 g/mol. The number of hydrogen-bond donors (Lipinski definition) is 1. The third-order valence-corrected chi connectivity index (χ3v) is 5.12. The highest BCUT2D eigenvalue weighted by Crippen LogP contribution is 2.18. The van der Waals surface area contributed by atoms with Crippen LogP contribution in [-0.4, -0.2) is 61.9 Å². The zero-order chi connectivity index (χ0) is 14.8. The summed E-state index contributed by atoms with van der Waals surface area (Å²) in [5.74, 6) is -1.66. The average molecular weight is 302 g/mol. The van der Waals surface area contributed by atoms with Crippen LogP contribution in [-0.2, 0) is 10.0 Å². The molecule has 0 amide bonds. The molecule has 2 heterocycles. The van der Waals surface area contributed by atoms with Crippen molar-refractivity contribution in [1.29, 1.82) is 0 Å². The fourth-order valence-electron chi connectivity index (χ4n) is 2.14. The Morgan fingerprint density at radius 1 is 1.40 bits per heavy atom. The molecule has 1 saturated heterocycles. The summed E-state index contributed by atoms with van der Waals surface area (Å²) >= 11 is 0. The summed E-state index contributed by atoms with van der Waals surface area (Å²) < 4.78 is 30.4. The van der Waals surface area contributed by atoms with Gasteiger partial charge in [0.15, 0.2) is 0 Å². The lowest BCUT2D eigenvalue weighted by Gasteiger charge is -2.20. The van der Waals surface area contributed by atoms with Crippen molar-refractivity contribution in [3.8, 4) is 0 Å². The maximum absolute atomic E-state index is 12.2. The number of sulfonamides is 1. The highest BCUT2D eigenvalue weighted by atomic mass is 32.2. The van der Waals surface area contributed by atoms with E-state index in [0.29, 0.717) is 13.1 Å². The molecular weight excluding hydrogens is 284 g/mol. The Balaban J connectivity index is 2.02. The van der Waals surface area contributed by atoms with Crippen molar-refractivity contribution in [2.45, 2.75) is 17.9 Å². The molecule has 1 aliphatic heterocycles. The van der Waals surface area contributed by atoms with Gasteiger partial charge in [-0.2, -0.15) is 4.31 Å². The summed E-state index contributed by atoms with van der Waals surface area (Å²) in [5.41, 5.74) is 0. The molecule has 112 valence electrons. The van der Waals surface area contributed by atoms with E-state index < -0.39 is 16.0 Å². The number of hydrogen-bond acceptors (Lipinski definition) is 5. The van der Waals surface area contributed by atoms with Crippen molar-refractivity contribution in [3.63, 3.8) is 0 Å². The molecule has 8 heteroatoms. The van der Waals surface area contributed by atoms with E-state index in [1.54, 1.807) is 0 Å². The minimum atomic E-state index is -3.77. The van der Waals surface area contributed by atoms with Gasteiger partial charge in [0.2, 0.25) is 10.9 Å². The number of carboxylic acids is 1. The molecular formula is C12H18N2O5S. The van der Waals surface area contributed by atoms with Crippen LogP contribution in [0.3, 0.4) is 0 Å². The van der Waals surface area contributed by atoms with Crippen LogP contribution in [0.15, 0.2) is 21.6 Å². The number of furan rings is 1. The predicted octanol–water partition coefficient (Wildman–Crippen LogP) is 0.694. The van der Waals surface area contributed by atoms with Gasteiger partial charge in [-0.15, -0.1) is 0 Å². The third-order valence-electron chi connectivity index (χ3n) is 3.39. The van der Waals surface area contributed by atoms with Gasteiger partial charge < -0.3 is 14.4 Å². The number of likely N-dealkylation sites (N-methyl/N-ethyl adjacent to an activating group) is 1. The molecule has 0 atom stereocenters. The number of carboxylic acid groups (broad SMARTS) is 1. The van der Waals surface area contributed by atoms with Crippen molar-refractivity contribution in [2.75, 3.05) is 33.2 Å². The van der Waals surface area contributed by atoms with Gasteiger partial charge in [0, 0.05) is 20.1 Å². The first-order valence-corrected chi connectivity index (χ1v) is 7.87. The predicted molar refractivity (Wildman–Crippen MR) is 71.2 cm³/mol. The van der Waals surface area contributed by atoms with E-state index in [0.717, 1.165) is 32.0 Å². The van der Waals surface area contributed by atoms with Gasteiger partial charge >= 0.3 is 5.97 Å². The zero-order valence-corrected chi connectivity index (χ0v) is 12.1. The number of rotatable bonds is 6. The first-order valence-electron chi connectivity index (χ1n) is 6.43. The molecule has 0 unspecified atom stereocenters. The molecule has 0 saturated carbocycles. The van der Waals surface area contributed by atoms with Gasteiger partial charge in [-0.3, -0.25) is 0 Å². The Morgan fingerprint density at radius 2 is 2.05 bits per heavy atom. The summed E-state index contributed by atoms with van der Waals surface area (Å²) in [6.45, 7) is 3.02. The van der Waals surface area contributed by atoms with Crippen LogP contribution in [0.5, 0.6) is 0 Å². The molecule has 0 aromatic carbocycles. The van der Waals surface area contributed by atoms with E-state index in [9.17, 15) is 13.2 Å². The summed E-state index contributed by atoms with van der Waals surface area (Å²) in [6, 6.07) is 2.31. The van der Waals surface area contributed by atoms with E-state index in [2.05, 4.69) is 4.90 Å². The Morgan fingerprint density at radius 3 is 2.60 bits per heavy atom. The number of aromatic carboxylic acids is 1. The van der Waals surface area contributed by atoms with E-state index >= 15 is 0 Å². The van der Waals surface area contributed by atoms with E-state index in [1.807, 2.05) is 0 Å². The van der Waals surface area contributed by atoms with Crippen LogP contribution in [0.4, 0.5) is 0 Å². The van der Waals surface area contributed by atoms with Crippen LogP contribution in [0, 0.1) is 0 Å². The van der Waals surface area contributed by atoms with Crippen LogP contribution in [0.1, 0.15) is 23.4 Å². The van der Waals surface area contributed by atoms with E-state index in [4.69, 9.17) is 9.52 Å². The van der Waals surface area contributed by atoms with Crippen molar-refractivity contribution < 1.29 is 22.7 Å². The van der Waals surface area contributed by atoms with Gasteiger partial charge in [0.05, 0.1) is 0 Å². The molecule has 1 aromatic rings. The van der Waals surface area contributed by atoms with Crippen LogP contribution < -0.4 is 0 Å². The van der Waals surface area contributed by atoms with E-state index in [1.165, 1.54) is 17.4 Å². The summed E-state index contributed by atoms with van der Waals surface area (Å²) in [4.78, 5) is 12.9. The van der Waals surface area contributed by atoms with Crippen molar-refractivity contribution in [2.24, 2.45) is 0 Å². The van der Waals surface area contributed by atoms with Crippen molar-refractivity contribution in [3.05, 3.63) is 17.9 Å². The second-order valence-electron chi connectivity index (χ2n) is 4.80. The summed E-state index contributed by atoms with van der Waals surface area (Å²) in [5, 5.41) is 8.41. The largest absolute Gasteiger partial charge is 0.475 e. The second kappa shape index (κ2) is 5.94. The van der Waals surface area contributed by atoms with Gasteiger partial charge in [0.1, 0.15) is 0 Å². The Labute approximate surface area is 117 Å². The van der Waals surface area contributed by atoms with Gasteiger partial charge in [-0.05, 0) is 38.1 Å².